The summed E-state index contributed by atoms with van der Waals surface area (Å²) in [6, 6.07) is 7.83. The third-order valence-electron chi connectivity index (χ3n) is 3.30. The first-order valence-corrected chi connectivity index (χ1v) is 9.21. The zero-order valence-corrected chi connectivity index (χ0v) is 14.6. The van der Waals surface area contributed by atoms with E-state index in [4.69, 9.17) is 0 Å². The minimum Gasteiger partial charge on any atom is -0.306 e. The number of carbonyl (C=O) groups is 1. The fraction of sp³-hybridized carbons (Fsp3) is 0.333. The average molecular weight is 347 g/mol. The van der Waals surface area contributed by atoms with Crippen molar-refractivity contribution in [3.63, 3.8) is 0 Å². The van der Waals surface area contributed by atoms with E-state index in [0.717, 1.165) is 34.2 Å². The highest BCUT2D eigenvalue weighted by Gasteiger charge is 2.13. The molecule has 0 saturated carbocycles. The Morgan fingerprint density at radius 3 is 2.87 bits per heavy atom. The lowest BCUT2D eigenvalue weighted by Gasteiger charge is -2.05. The molecule has 0 saturated heterocycles. The molecule has 0 atom stereocenters. The number of benzene rings is 1. The van der Waals surface area contributed by atoms with Crippen molar-refractivity contribution in [3.8, 4) is 0 Å². The summed E-state index contributed by atoms with van der Waals surface area (Å²) in [5.74, 6) is 1.15. The molecule has 120 valence electrons. The fourth-order valence-corrected chi connectivity index (χ4v) is 3.92. The molecule has 3 rings (SSSR count). The molecular formula is C15H17N5OS2. The smallest absolute Gasteiger partial charge is 0.236 e. The van der Waals surface area contributed by atoms with Gasteiger partial charge in [0, 0.05) is 13.0 Å². The van der Waals surface area contributed by atoms with Gasteiger partial charge in [-0.1, -0.05) is 42.2 Å². The number of aromatic nitrogens is 4. The topological polar surface area (TPSA) is 72.7 Å². The molecule has 0 fully saturated rings. The monoisotopic (exact) mass is 347 g/mol. The Bertz CT molecular complexity index is 793. The Hall–Kier alpha value is -1.93. The van der Waals surface area contributed by atoms with Crippen molar-refractivity contribution < 1.29 is 4.79 Å². The molecule has 1 amide bonds. The summed E-state index contributed by atoms with van der Waals surface area (Å²) in [6.07, 6.45) is 0.833. The summed E-state index contributed by atoms with van der Waals surface area (Å²) in [6.45, 7) is 4.90. The number of aryl methyl sites for hydroxylation is 1. The van der Waals surface area contributed by atoms with Gasteiger partial charge in [0.1, 0.15) is 5.82 Å². The van der Waals surface area contributed by atoms with Crippen LogP contribution in [0, 0.1) is 0 Å². The molecule has 23 heavy (non-hydrogen) atoms. The van der Waals surface area contributed by atoms with E-state index in [9.17, 15) is 4.79 Å². The number of carbonyl (C=O) groups excluding carboxylic acids is 1. The van der Waals surface area contributed by atoms with Gasteiger partial charge in [0.2, 0.25) is 5.91 Å². The summed E-state index contributed by atoms with van der Waals surface area (Å²) < 4.78 is 3.10. The van der Waals surface area contributed by atoms with E-state index in [-0.39, 0.29) is 11.7 Å². The summed E-state index contributed by atoms with van der Waals surface area (Å²) in [4.78, 5) is 16.5. The number of nitrogens with zero attached hydrogens (tertiary/aromatic N) is 4. The number of rotatable bonds is 6. The van der Waals surface area contributed by atoms with E-state index in [1.807, 2.05) is 42.7 Å². The maximum Gasteiger partial charge on any atom is 0.236 e. The standard InChI is InChI=1S/C15H17N5OS2/c1-3-12-18-19-15(20(12)4-2)22-9-13(21)17-14-16-10-7-5-6-8-11(10)23-14/h5-8H,3-4,9H2,1-2H3,(H,16,17,21). The number of hydrogen-bond donors (Lipinski definition) is 1. The molecule has 0 spiro atoms. The van der Waals surface area contributed by atoms with Crippen LogP contribution >= 0.6 is 23.1 Å². The molecule has 0 aliphatic heterocycles. The van der Waals surface area contributed by atoms with Crippen LogP contribution < -0.4 is 5.32 Å². The van der Waals surface area contributed by atoms with E-state index < -0.39 is 0 Å². The molecular weight excluding hydrogens is 330 g/mol. The maximum absolute atomic E-state index is 12.1. The number of nitrogens with one attached hydrogen (secondary N) is 1. The molecule has 1 N–H and O–H groups in total. The van der Waals surface area contributed by atoms with Crippen LogP contribution in [0.1, 0.15) is 19.7 Å². The molecule has 6 nitrogen and oxygen atoms in total. The van der Waals surface area contributed by atoms with Crippen LogP contribution in [0.4, 0.5) is 5.13 Å². The number of anilines is 1. The van der Waals surface area contributed by atoms with Gasteiger partial charge in [0.05, 0.1) is 16.0 Å². The first-order valence-electron chi connectivity index (χ1n) is 7.41. The SMILES string of the molecule is CCc1nnc(SCC(=O)Nc2nc3ccccc3s2)n1CC. The van der Waals surface area contributed by atoms with Gasteiger partial charge in [-0.3, -0.25) is 4.79 Å². The number of thioether (sulfide) groups is 1. The minimum atomic E-state index is -0.0854. The van der Waals surface area contributed by atoms with E-state index in [2.05, 4.69) is 20.5 Å². The van der Waals surface area contributed by atoms with Crippen LogP contribution in [0.15, 0.2) is 29.4 Å². The third-order valence-corrected chi connectivity index (χ3v) is 5.22. The van der Waals surface area contributed by atoms with Crippen LogP contribution in [-0.2, 0) is 17.8 Å². The summed E-state index contributed by atoms with van der Waals surface area (Å²) in [7, 11) is 0. The number of para-hydroxylation sites is 1. The molecule has 0 aliphatic carbocycles. The number of amides is 1. The van der Waals surface area contributed by atoms with Crippen molar-refractivity contribution in [1.82, 2.24) is 19.7 Å². The van der Waals surface area contributed by atoms with Gasteiger partial charge in [0.25, 0.3) is 0 Å². The molecule has 0 radical (unpaired) electrons. The predicted octanol–water partition coefficient (Wildman–Crippen LogP) is 3.20. The molecule has 1 aromatic carbocycles. The fourth-order valence-electron chi connectivity index (χ4n) is 2.22. The zero-order valence-electron chi connectivity index (χ0n) is 12.9. The summed E-state index contributed by atoms with van der Waals surface area (Å²) in [5.41, 5.74) is 0.902. The number of thiazole rings is 1. The first-order chi connectivity index (χ1) is 11.2. The van der Waals surface area contributed by atoms with Gasteiger partial charge in [-0.15, -0.1) is 10.2 Å². The lowest BCUT2D eigenvalue weighted by atomic mass is 10.3. The van der Waals surface area contributed by atoms with E-state index in [1.165, 1.54) is 23.1 Å². The predicted molar refractivity (Wildman–Crippen MR) is 94.0 cm³/mol. The van der Waals surface area contributed by atoms with Gasteiger partial charge in [0.15, 0.2) is 10.3 Å². The number of hydrogen-bond acceptors (Lipinski definition) is 6. The van der Waals surface area contributed by atoms with E-state index >= 15 is 0 Å². The molecule has 2 aromatic heterocycles. The van der Waals surface area contributed by atoms with Crippen molar-refractivity contribution >= 4 is 44.4 Å². The normalized spacial score (nSPS) is 11.0. The maximum atomic E-state index is 12.1. The Balaban J connectivity index is 1.62. The Morgan fingerprint density at radius 1 is 1.30 bits per heavy atom. The van der Waals surface area contributed by atoms with Crippen molar-refractivity contribution in [1.29, 1.82) is 0 Å². The van der Waals surface area contributed by atoms with Crippen LogP contribution in [-0.4, -0.2) is 31.4 Å². The summed E-state index contributed by atoms with van der Waals surface area (Å²) in [5, 5.41) is 12.6. The largest absolute Gasteiger partial charge is 0.306 e. The van der Waals surface area contributed by atoms with Crippen molar-refractivity contribution in [2.45, 2.75) is 32.0 Å². The molecule has 8 heteroatoms. The molecule has 0 bridgehead atoms. The van der Waals surface area contributed by atoms with Crippen LogP contribution in [0.5, 0.6) is 0 Å². The van der Waals surface area contributed by atoms with Gasteiger partial charge in [-0.05, 0) is 19.1 Å². The van der Waals surface area contributed by atoms with Crippen molar-refractivity contribution in [2.75, 3.05) is 11.1 Å². The second-order valence-electron chi connectivity index (χ2n) is 4.82. The lowest BCUT2D eigenvalue weighted by Crippen LogP contribution is -2.14. The van der Waals surface area contributed by atoms with Gasteiger partial charge in [-0.2, -0.15) is 0 Å². The van der Waals surface area contributed by atoms with Gasteiger partial charge >= 0.3 is 0 Å². The zero-order chi connectivity index (χ0) is 16.2. The van der Waals surface area contributed by atoms with Crippen molar-refractivity contribution in [2.24, 2.45) is 0 Å². The van der Waals surface area contributed by atoms with Crippen LogP contribution in [0.25, 0.3) is 10.2 Å². The van der Waals surface area contributed by atoms with Gasteiger partial charge < -0.3 is 9.88 Å². The highest BCUT2D eigenvalue weighted by atomic mass is 32.2. The highest BCUT2D eigenvalue weighted by molar-refractivity contribution is 7.99. The third kappa shape index (κ3) is 3.53. The number of fused-ring (bicyclic) bond motifs is 1. The second-order valence-corrected chi connectivity index (χ2v) is 6.79. The lowest BCUT2D eigenvalue weighted by molar-refractivity contribution is -0.113. The van der Waals surface area contributed by atoms with Crippen molar-refractivity contribution in [3.05, 3.63) is 30.1 Å². The molecule has 0 unspecified atom stereocenters. The Kier molecular flexibility index (Phi) is 4.92. The highest BCUT2D eigenvalue weighted by Crippen LogP contribution is 2.25. The first kappa shape index (κ1) is 15.9. The second kappa shape index (κ2) is 7.10. The Labute approximate surface area is 142 Å². The Morgan fingerprint density at radius 2 is 2.13 bits per heavy atom. The van der Waals surface area contributed by atoms with Crippen LogP contribution in [0.3, 0.4) is 0 Å². The minimum absolute atomic E-state index is 0.0854. The van der Waals surface area contributed by atoms with Gasteiger partial charge in [-0.25, -0.2) is 4.98 Å². The van der Waals surface area contributed by atoms with Crippen LogP contribution in [0.2, 0.25) is 0 Å². The van der Waals surface area contributed by atoms with E-state index in [1.54, 1.807) is 0 Å². The van der Waals surface area contributed by atoms with E-state index in [0.29, 0.717) is 5.13 Å². The summed E-state index contributed by atoms with van der Waals surface area (Å²) >= 11 is 2.87. The average Bonchev–Trinajstić information content (AvgIpc) is 3.14. The quantitative estimate of drug-likeness (QED) is 0.693. The molecule has 0 aliphatic rings. The molecule has 2 heterocycles. The molecule has 3 aromatic rings.